The van der Waals surface area contributed by atoms with Gasteiger partial charge in [-0.15, -0.1) is 0 Å². The van der Waals surface area contributed by atoms with Crippen molar-refractivity contribution in [2.45, 2.75) is 82.4 Å². The molecule has 1 aliphatic carbocycles. The van der Waals surface area contributed by atoms with E-state index < -0.39 is 49.0 Å². The average molecular weight is 412 g/mol. The Labute approximate surface area is 170 Å². The van der Waals surface area contributed by atoms with Crippen molar-refractivity contribution in [3.63, 3.8) is 0 Å². The van der Waals surface area contributed by atoms with Crippen molar-refractivity contribution in [2.24, 2.45) is 5.92 Å². The number of aliphatic hydroxyl groups excluding tert-OH is 4. The average Bonchev–Trinajstić information content (AvgIpc) is 2.65. The minimum atomic E-state index is -1.56. The number of ether oxygens (including phenoxy) is 2. The molecular formula is C21H32O8. The maximum absolute atomic E-state index is 11.3. The van der Waals surface area contributed by atoms with Crippen LogP contribution in [0.25, 0.3) is 0 Å². The fourth-order valence-electron chi connectivity index (χ4n) is 4.39. The smallest absolute Gasteiger partial charge is 0.187 e. The van der Waals surface area contributed by atoms with E-state index in [1.54, 1.807) is 19.9 Å². The molecule has 8 atom stereocenters. The Hall–Kier alpha value is -1.26. The Balaban J connectivity index is 1.94. The van der Waals surface area contributed by atoms with Crippen LogP contribution < -0.4 is 0 Å². The predicted molar refractivity (Wildman–Crippen MR) is 103 cm³/mol. The normalized spacial score (nSPS) is 40.1. The molecule has 0 spiro atoms. The van der Waals surface area contributed by atoms with Gasteiger partial charge < -0.3 is 40.1 Å². The number of hydrogen-bond donors (Lipinski definition) is 6. The molecule has 2 aliphatic rings. The lowest BCUT2D eigenvalue weighted by atomic mass is 9.69. The van der Waals surface area contributed by atoms with Gasteiger partial charge in [-0.25, -0.2) is 0 Å². The molecule has 1 fully saturated rings. The molecule has 1 saturated heterocycles. The van der Waals surface area contributed by atoms with Crippen LogP contribution in [0.1, 0.15) is 49.8 Å². The molecule has 0 aromatic heterocycles. The van der Waals surface area contributed by atoms with Crippen LogP contribution in [0.15, 0.2) is 12.1 Å². The molecule has 1 aliphatic heterocycles. The number of aryl methyl sites for hydroxylation is 1. The van der Waals surface area contributed by atoms with E-state index in [0.29, 0.717) is 12.0 Å². The SMILES string of the molecule is Cc1cc2c(cc1O)C(C)(O)C(OC1OC(CO)C(O)C(O)C1O)CC2C(C)C. The maximum atomic E-state index is 11.3. The highest BCUT2D eigenvalue weighted by atomic mass is 16.7. The van der Waals surface area contributed by atoms with Crippen molar-refractivity contribution >= 4 is 0 Å². The zero-order valence-electron chi connectivity index (χ0n) is 17.2. The second-order valence-electron chi connectivity index (χ2n) is 8.78. The van der Waals surface area contributed by atoms with Gasteiger partial charge in [0.15, 0.2) is 6.29 Å². The summed E-state index contributed by atoms with van der Waals surface area (Å²) in [6.45, 7) is 6.93. The summed E-state index contributed by atoms with van der Waals surface area (Å²) in [6, 6.07) is 3.43. The summed E-state index contributed by atoms with van der Waals surface area (Å²) in [6.07, 6.45) is -7.40. The Morgan fingerprint density at radius 1 is 1.17 bits per heavy atom. The van der Waals surface area contributed by atoms with Gasteiger partial charge in [0.2, 0.25) is 0 Å². The predicted octanol–water partition coefficient (Wildman–Crippen LogP) is 0.237. The molecule has 1 aromatic rings. The number of aliphatic hydroxyl groups is 5. The van der Waals surface area contributed by atoms with Crippen molar-refractivity contribution < 1.29 is 40.1 Å². The van der Waals surface area contributed by atoms with Gasteiger partial charge in [0.05, 0.1) is 12.7 Å². The van der Waals surface area contributed by atoms with Crippen LogP contribution in [0.3, 0.4) is 0 Å². The molecule has 0 saturated carbocycles. The minimum Gasteiger partial charge on any atom is -0.508 e. The third kappa shape index (κ3) is 3.90. The summed E-state index contributed by atoms with van der Waals surface area (Å²) in [7, 11) is 0. The zero-order valence-corrected chi connectivity index (χ0v) is 17.2. The van der Waals surface area contributed by atoms with Crippen LogP contribution in [0.5, 0.6) is 5.75 Å². The molecule has 0 amide bonds. The number of aromatic hydroxyl groups is 1. The summed E-state index contributed by atoms with van der Waals surface area (Å²) < 4.78 is 11.4. The molecule has 1 heterocycles. The standard InChI is InChI=1S/C21H32O8/c1-9(2)11-6-16(21(4,27)13-7-14(23)10(3)5-12(11)13)29-20-19(26)18(25)17(24)15(8-22)28-20/h5,7,9,11,15-20,22-27H,6,8H2,1-4H3. The Kier molecular flexibility index (Phi) is 6.27. The maximum Gasteiger partial charge on any atom is 0.187 e. The van der Waals surface area contributed by atoms with Gasteiger partial charge in [-0.2, -0.15) is 0 Å². The van der Waals surface area contributed by atoms with Crippen LogP contribution in [0.2, 0.25) is 0 Å². The topological polar surface area (TPSA) is 140 Å². The second kappa shape index (κ2) is 8.11. The summed E-state index contributed by atoms with van der Waals surface area (Å²) in [5.41, 5.74) is 0.706. The second-order valence-corrected chi connectivity index (χ2v) is 8.78. The summed E-state index contributed by atoms with van der Waals surface area (Å²) >= 11 is 0. The van der Waals surface area contributed by atoms with Crippen LogP contribution in [0, 0.1) is 12.8 Å². The molecule has 164 valence electrons. The van der Waals surface area contributed by atoms with Gasteiger partial charge in [0.25, 0.3) is 0 Å². The Morgan fingerprint density at radius 2 is 1.83 bits per heavy atom. The van der Waals surface area contributed by atoms with E-state index in [0.717, 1.165) is 11.1 Å². The van der Waals surface area contributed by atoms with E-state index in [2.05, 4.69) is 13.8 Å². The number of phenols is 1. The van der Waals surface area contributed by atoms with Crippen molar-refractivity contribution in [2.75, 3.05) is 6.61 Å². The van der Waals surface area contributed by atoms with Gasteiger partial charge in [-0.1, -0.05) is 19.9 Å². The Bertz CT molecular complexity index is 732. The fourth-order valence-corrected chi connectivity index (χ4v) is 4.39. The number of rotatable bonds is 4. The lowest BCUT2D eigenvalue weighted by Crippen LogP contribution is -2.61. The molecular weight excluding hydrogens is 380 g/mol. The van der Waals surface area contributed by atoms with Crippen molar-refractivity contribution in [3.8, 4) is 5.75 Å². The lowest BCUT2D eigenvalue weighted by Gasteiger charge is -2.47. The first kappa shape index (κ1) is 22.4. The van der Waals surface area contributed by atoms with Gasteiger partial charge in [0.1, 0.15) is 35.8 Å². The molecule has 3 rings (SSSR count). The van der Waals surface area contributed by atoms with Crippen LogP contribution in [0.4, 0.5) is 0 Å². The molecule has 8 unspecified atom stereocenters. The summed E-state index contributed by atoms with van der Waals surface area (Å²) in [5, 5.41) is 61.2. The highest BCUT2D eigenvalue weighted by Gasteiger charge is 2.50. The third-order valence-electron chi connectivity index (χ3n) is 6.36. The van der Waals surface area contributed by atoms with E-state index in [-0.39, 0.29) is 17.6 Å². The largest absolute Gasteiger partial charge is 0.508 e. The van der Waals surface area contributed by atoms with E-state index in [1.807, 2.05) is 6.07 Å². The van der Waals surface area contributed by atoms with E-state index in [1.165, 1.54) is 0 Å². The number of fused-ring (bicyclic) bond motifs is 1. The number of phenolic OH excluding ortho intramolecular Hbond substituents is 1. The monoisotopic (exact) mass is 412 g/mol. The quantitative estimate of drug-likeness (QED) is 0.413. The third-order valence-corrected chi connectivity index (χ3v) is 6.36. The van der Waals surface area contributed by atoms with Gasteiger partial charge in [0, 0.05) is 0 Å². The first-order valence-corrected chi connectivity index (χ1v) is 10.0. The molecule has 0 bridgehead atoms. The highest BCUT2D eigenvalue weighted by Crippen LogP contribution is 2.48. The number of hydrogen-bond acceptors (Lipinski definition) is 8. The van der Waals surface area contributed by atoms with Crippen molar-refractivity contribution in [1.29, 1.82) is 0 Å². The van der Waals surface area contributed by atoms with Crippen LogP contribution >= 0.6 is 0 Å². The Morgan fingerprint density at radius 3 is 2.41 bits per heavy atom. The molecule has 8 heteroatoms. The van der Waals surface area contributed by atoms with E-state index in [4.69, 9.17) is 9.47 Å². The van der Waals surface area contributed by atoms with Gasteiger partial charge >= 0.3 is 0 Å². The summed E-state index contributed by atoms with van der Waals surface area (Å²) in [4.78, 5) is 0. The molecule has 1 aromatic carbocycles. The van der Waals surface area contributed by atoms with Gasteiger partial charge in [-0.05, 0) is 54.9 Å². The first-order valence-electron chi connectivity index (χ1n) is 10.0. The fraction of sp³-hybridized carbons (Fsp3) is 0.714. The minimum absolute atomic E-state index is 0.0272. The van der Waals surface area contributed by atoms with Crippen molar-refractivity contribution in [3.05, 3.63) is 28.8 Å². The van der Waals surface area contributed by atoms with Crippen molar-refractivity contribution in [1.82, 2.24) is 0 Å². The number of benzene rings is 1. The van der Waals surface area contributed by atoms with Gasteiger partial charge in [-0.3, -0.25) is 0 Å². The van der Waals surface area contributed by atoms with Crippen LogP contribution in [-0.2, 0) is 15.1 Å². The lowest BCUT2D eigenvalue weighted by molar-refractivity contribution is -0.325. The van der Waals surface area contributed by atoms with E-state index >= 15 is 0 Å². The molecule has 29 heavy (non-hydrogen) atoms. The van der Waals surface area contributed by atoms with Crippen LogP contribution in [-0.4, -0.2) is 74.1 Å². The molecule has 6 N–H and O–H groups in total. The van der Waals surface area contributed by atoms with E-state index in [9.17, 15) is 30.6 Å². The summed E-state index contributed by atoms with van der Waals surface area (Å²) in [5.74, 6) is 0.314. The molecule has 8 nitrogen and oxygen atoms in total. The molecule has 0 radical (unpaired) electrons. The zero-order chi connectivity index (χ0) is 21.7. The first-order chi connectivity index (χ1) is 13.5. The highest BCUT2D eigenvalue weighted by molar-refractivity contribution is 5.47.